The van der Waals surface area contributed by atoms with E-state index in [9.17, 15) is 14.4 Å². The van der Waals surface area contributed by atoms with Crippen molar-refractivity contribution < 1.29 is 19.1 Å². The van der Waals surface area contributed by atoms with Crippen LogP contribution in [0.1, 0.15) is 47.7 Å². The quantitative estimate of drug-likeness (QED) is 0.125. The second-order valence-electron chi connectivity index (χ2n) is 12.4. The Morgan fingerprint density at radius 3 is 2.08 bits per heavy atom. The van der Waals surface area contributed by atoms with Crippen LogP contribution < -0.4 is 10.6 Å². The van der Waals surface area contributed by atoms with E-state index in [0.29, 0.717) is 11.6 Å². The third kappa shape index (κ3) is 9.22. The zero-order valence-corrected chi connectivity index (χ0v) is 27.3. The number of carbonyl (C=O) groups excluding carboxylic acids is 3. The lowest BCUT2D eigenvalue weighted by atomic mass is 9.77. The summed E-state index contributed by atoms with van der Waals surface area (Å²) in [5.41, 5.74) is 5.52. The molecule has 0 spiro atoms. The lowest BCUT2D eigenvalue weighted by Crippen LogP contribution is -2.52. The Morgan fingerprint density at radius 1 is 0.796 bits per heavy atom. The SMILES string of the molecule is O=C(CN(Cc1ccc(-c2ccccc2)cc1)C(=O)[C@H](Cc1cnc[nH]1)NC(=O)OCc1ccccc1)NC(c1ccccc1)C1CCC1. The molecule has 1 aliphatic carbocycles. The fraction of sp³-hybridized carbons (Fsp3) is 0.250. The monoisotopic (exact) mass is 655 g/mol. The van der Waals surface area contributed by atoms with Crippen molar-refractivity contribution in [3.8, 4) is 11.1 Å². The number of ether oxygens (including phenoxy) is 1. The van der Waals surface area contributed by atoms with Crippen molar-refractivity contribution in [2.75, 3.05) is 6.54 Å². The summed E-state index contributed by atoms with van der Waals surface area (Å²) in [5, 5.41) is 6.01. The summed E-state index contributed by atoms with van der Waals surface area (Å²) in [6, 6.07) is 36.2. The van der Waals surface area contributed by atoms with Gasteiger partial charge in [0.1, 0.15) is 12.6 Å². The Bertz CT molecular complexity index is 1780. The Hall–Kier alpha value is -5.70. The largest absolute Gasteiger partial charge is 0.445 e. The molecular weight excluding hydrogens is 614 g/mol. The smallest absolute Gasteiger partial charge is 0.408 e. The molecule has 1 heterocycles. The first-order valence-electron chi connectivity index (χ1n) is 16.7. The van der Waals surface area contributed by atoms with Crippen LogP contribution >= 0.6 is 0 Å². The number of nitrogens with zero attached hydrogens (tertiary/aromatic N) is 2. The van der Waals surface area contributed by atoms with Crippen molar-refractivity contribution in [2.24, 2.45) is 5.92 Å². The van der Waals surface area contributed by atoms with Crippen molar-refractivity contribution in [3.63, 3.8) is 0 Å². The first kappa shape index (κ1) is 33.2. The molecule has 3 amide bonds. The van der Waals surface area contributed by atoms with E-state index in [1.165, 1.54) is 11.2 Å². The number of hydrogen-bond donors (Lipinski definition) is 3. The summed E-state index contributed by atoms with van der Waals surface area (Å²) >= 11 is 0. The van der Waals surface area contributed by atoms with E-state index in [4.69, 9.17) is 4.74 Å². The maximum Gasteiger partial charge on any atom is 0.408 e. The number of aromatic nitrogens is 2. The fourth-order valence-electron chi connectivity index (χ4n) is 6.11. The number of hydrogen-bond acceptors (Lipinski definition) is 5. The normalized spacial score (nSPS) is 13.8. The van der Waals surface area contributed by atoms with Gasteiger partial charge in [0.05, 0.1) is 18.9 Å². The summed E-state index contributed by atoms with van der Waals surface area (Å²) in [7, 11) is 0. The molecule has 9 heteroatoms. The Balaban J connectivity index is 1.23. The van der Waals surface area contributed by atoms with Crippen LogP contribution in [0.15, 0.2) is 128 Å². The third-order valence-corrected chi connectivity index (χ3v) is 8.96. The van der Waals surface area contributed by atoms with Crippen LogP contribution in [-0.2, 0) is 33.9 Å². The van der Waals surface area contributed by atoms with Gasteiger partial charge in [-0.15, -0.1) is 0 Å². The van der Waals surface area contributed by atoms with Crippen LogP contribution in [-0.4, -0.2) is 45.4 Å². The number of carbonyl (C=O) groups is 3. The lowest BCUT2D eigenvalue weighted by molar-refractivity contribution is -0.138. The zero-order valence-electron chi connectivity index (χ0n) is 27.3. The fourth-order valence-corrected chi connectivity index (χ4v) is 6.11. The Morgan fingerprint density at radius 2 is 1.45 bits per heavy atom. The van der Waals surface area contributed by atoms with Gasteiger partial charge in [-0.1, -0.05) is 122 Å². The molecular formula is C40H41N5O4. The average Bonchev–Trinajstić information content (AvgIpc) is 3.64. The van der Waals surface area contributed by atoms with Gasteiger partial charge >= 0.3 is 6.09 Å². The molecule has 1 aromatic heterocycles. The van der Waals surface area contributed by atoms with E-state index in [0.717, 1.165) is 47.1 Å². The van der Waals surface area contributed by atoms with E-state index < -0.39 is 18.0 Å². The average molecular weight is 656 g/mol. The van der Waals surface area contributed by atoms with Gasteiger partial charge in [0.25, 0.3) is 0 Å². The highest BCUT2D eigenvalue weighted by Crippen LogP contribution is 2.37. The summed E-state index contributed by atoms with van der Waals surface area (Å²) < 4.78 is 5.48. The number of amides is 3. The summed E-state index contributed by atoms with van der Waals surface area (Å²) in [4.78, 5) is 49.9. The minimum absolute atomic E-state index is 0.0551. The number of imidazole rings is 1. The van der Waals surface area contributed by atoms with E-state index in [-0.39, 0.29) is 38.1 Å². The van der Waals surface area contributed by atoms with E-state index in [1.807, 2.05) is 115 Å². The lowest BCUT2D eigenvalue weighted by Gasteiger charge is -2.35. The van der Waals surface area contributed by atoms with Crippen LogP contribution in [0, 0.1) is 5.92 Å². The molecule has 5 aromatic rings. The first-order chi connectivity index (χ1) is 24.0. The molecule has 0 saturated heterocycles. The number of benzene rings is 4. The number of H-pyrrole nitrogens is 1. The van der Waals surface area contributed by atoms with Gasteiger partial charge in [-0.2, -0.15) is 0 Å². The molecule has 3 N–H and O–H groups in total. The van der Waals surface area contributed by atoms with E-state index in [2.05, 4.69) is 20.6 Å². The van der Waals surface area contributed by atoms with Crippen LogP contribution in [0.4, 0.5) is 4.79 Å². The van der Waals surface area contributed by atoms with E-state index in [1.54, 1.807) is 6.20 Å². The standard InChI is InChI=1S/C40H41N5O4/c46-37(44-38(34-17-10-18-34)33-15-8-3-9-16-33)26-45(25-29-19-21-32(22-20-29)31-13-6-2-7-14-31)39(47)36(23-35-24-41-28-42-35)43-40(48)49-27-30-11-4-1-5-12-30/h1-9,11-16,19-22,24,28,34,36,38H,10,17-18,23,25-27H2,(H,41,42)(H,43,48)(H,44,46)/t36-,38?/m0/s1. The maximum absolute atomic E-state index is 14.4. The molecule has 6 rings (SSSR count). The number of rotatable bonds is 14. The van der Waals surface area contributed by atoms with Gasteiger partial charge in [-0.05, 0) is 46.6 Å². The summed E-state index contributed by atoms with van der Waals surface area (Å²) in [5.74, 6) is -0.328. The number of nitrogens with one attached hydrogen (secondary N) is 3. The van der Waals surface area contributed by atoms with Gasteiger partial charge in [0, 0.05) is 24.9 Å². The second-order valence-corrected chi connectivity index (χ2v) is 12.4. The van der Waals surface area contributed by atoms with Gasteiger partial charge in [0.2, 0.25) is 11.8 Å². The van der Waals surface area contributed by atoms with Gasteiger partial charge < -0.3 is 25.3 Å². The molecule has 4 aromatic carbocycles. The number of aromatic amines is 1. The van der Waals surface area contributed by atoms with Crippen molar-refractivity contribution in [1.29, 1.82) is 0 Å². The highest BCUT2D eigenvalue weighted by Gasteiger charge is 2.32. The summed E-state index contributed by atoms with van der Waals surface area (Å²) in [6.45, 7) is 0.0378. The summed E-state index contributed by atoms with van der Waals surface area (Å²) in [6.07, 6.45) is 5.75. The van der Waals surface area contributed by atoms with Gasteiger partial charge in [0.15, 0.2) is 0 Å². The minimum Gasteiger partial charge on any atom is -0.445 e. The van der Waals surface area contributed by atoms with Crippen molar-refractivity contribution >= 4 is 17.9 Å². The van der Waals surface area contributed by atoms with Crippen LogP contribution in [0.5, 0.6) is 0 Å². The number of alkyl carbamates (subject to hydrolysis) is 1. The van der Waals surface area contributed by atoms with Crippen molar-refractivity contribution in [2.45, 2.75) is 50.9 Å². The molecule has 49 heavy (non-hydrogen) atoms. The zero-order chi connectivity index (χ0) is 33.8. The first-order valence-corrected chi connectivity index (χ1v) is 16.7. The molecule has 0 bridgehead atoms. The van der Waals surface area contributed by atoms with Crippen molar-refractivity contribution in [3.05, 3.63) is 150 Å². The highest BCUT2D eigenvalue weighted by atomic mass is 16.5. The molecule has 0 aliphatic heterocycles. The molecule has 250 valence electrons. The molecule has 1 aliphatic rings. The third-order valence-electron chi connectivity index (χ3n) is 8.96. The van der Waals surface area contributed by atoms with Gasteiger partial charge in [-0.3, -0.25) is 9.59 Å². The molecule has 1 saturated carbocycles. The second kappa shape index (κ2) is 16.4. The Kier molecular flexibility index (Phi) is 11.1. The van der Waals surface area contributed by atoms with Crippen LogP contribution in [0.2, 0.25) is 0 Å². The maximum atomic E-state index is 14.4. The van der Waals surface area contributed by atoms with Crippen molar-refractivity contribution in [1.82, 2.24) is 25.5 Å². The molecule has 1 unspecified atom stereocenters. The Labute approximate surface area is 286 Å². The van der Waals surface area contributed by atoms with Crippen LogP contribution in [0.3, 0.4) is 0 Å². The highest BCUT2D eigenvalue weighted by molar-refractivity contribution is 5.90. The molecule has 1 fully saturated rings. The predicted octanol–water partition coefficient (Wildman–Crippen LogP) is 6.60. The predicted molar refractivity (Wildman–Crippen MR) is 188 cm³/mol. The molecule has 9 nitrogen and oxygen atoms in total. The molecule has 2 atom stereocenters. The molecule has 0 radical (unpaired) electrons. The van der Waals surface area contributed by atoms with Gasteiger partial charge in [-0.25, -0.2) is 9.78 Å². The minimum atomic E-state index is -1.02. The van der Waals surface area contributed by atoms with E-state index >= 15 is 0 Å². The topological polar surface area (TPSA) is 116 Å². The van der Waals surface area contributed by atoms with Crippen LogP contribution in [0.25, 0.3) is 11.1 Å².